The zero-order valence-electron chi connectivity index (χ0n) is 15.9. The summed E-state index contributed by atoms with van der Waals surface area (Å²) in [5.41, 5.74) is 1.39. The molecular formula is C20H18N4O5S. The summed E-state index contributed by atoms with van der Waals surface area (Å²) in [6, 6.07) is 16.3. The number of carbonyl (C=O) groups excluding carboxylic acids is 2. The topological polar surface area (TPSA) is 127 Å². The van der Waals surface area contributed by atoms with Crippen LogP contribution in [-0.4, -0.2) is 30.2 Å². The largest absolute Gasteiger partial charge is 0.473 e. The Morgan fingerprint density at radius 2 is 1.70 bits per heavy atom. The molecule has 0 unspecified atom stereocenters. The molecule has 9 nitrogen and oxygen atoms in total. The van der Waals surface area contributed by atoms with E-state index >= 15 is 0 Å². The molecule has 2 amide bonds. The van der Waals surface area contributed by atoms with Crippen molar-refractivity contribution in [2.75, 3.05) is 5.32 Å². The molecule has 0 saturated heterocycles. The third-order valence-electron chi connectivity index (χ3n) is 3.80. The van der Waals surface area contributed by atoms with Gasteiger partial charge >= 0.3 is 0 Å². The number of amides is 2. The number of rotatable bonds is 7. The van der Waals surface area contributed by atoms with E-state index < -0.39 is 21.8 Å². The number of aromatic nitrogens is 2. The highest BCUT2D eigenvalue weighted by Gasteiger charge is 2.16. The fourth-order valence-electron chi connectivity index (χ4n) is 2.43. The van der Waals surface area contributed by atoms with Gasteiger partial charge in [0.1, 0.15) is 18.6 Å². The summed E-state index contributed by atoms with van der Waals surface area (Å²) in [5.74, 6) is -0.961. The van der Waals surface area contributed by atoms with Crippen molar-refractivity contribution in [3.63, 3.8) is 0 Å². The Labute approximate surface area is 173 Å². The molecule has 2 aromatic carbocycles. The van der Waals surface area contributed by atoms with Gasteiger partial charge in [-0.3, -0.25) is 9.59 Å². The molecule has 0 bridgehead atoms. The highest BCUT2D eigenvalue weighted by atomic mass is 32.2. The number of sulfonamides is 1. The summed E-state index contributed by atoms with van der Waals surface area (Å²) in [5, 5.41) is 2.61. The Bertz CT molecular complexity index is 1150. The number of anilines is 1. The minimum atomic E-state index is -3.94. The number of hydrogen-bond donors (Lipinski definition) is 2. The standard InChI is InChI=1S/C20H18N4O5S/c1-14(25)24-30(27,28)17-9-7-16(8-10-17)23-20(26)18-11-19(22-13-21-18)29-12-15-5-3-2-4-6-15/h2-11,13H,12H2,1H3,(H,23,26)(H,24,25). The molecule has 0 spiro atoms. The fourth-order valence-corrected chi connectivity index (χ4v) is 3.43. The summed E-state index contributed by atoms with van der Waals surface area (Å²) in [7, 11) is -3.94. The number of ether oxygens (including phenoxy) is 1. The van der Waals surface area contributed by atoms with Gasteiger partial charge in [-0.05, 0) is 29.8 Å². The van der Waals surface area contributed by atoms with E-state index in [-0.39, 0.29) is 16.5 Å². The van der Waals surface area contributed by atoms with Crippen LogP contribution in [0.4, 0.5) is 5.69 Å². The summed E-state index contributed by atoms with van der Waals surface area (Å²) in [6.45, 7) is 1.40. The predicted molar refractivity (Wildman–Crippen MR) is 108 cm³/mol. The molecule has 2 N–H and O–H groups in total. The van der Waals surface area contributed by atoms with Crippen molar-refractivity contribution in [3.05, 3.63) is 78.2 Å². The maximum absolute atomic E-state index is 12.4. The van der Waals surface area contributed by atoms with Gasteiger partial charge in [-0.2, -0.15) is 0 Å². The molecule has 0 saturated carbocycles. The molecule has 0 aliphatic rings. The lowest BCUT2D eigenvalue weighted by molar-refractivity contribution is -0.117. The summed E-state index contributed by atoms with van der Waals surface area (Å²) < 4.78 is 31.4. The van der Waals surface area contributed by atoms with E-state index in [1.165, 1.54) is 36.7 Å². The third kappa shape index (κ3) is 5.61. The van der Waals surface area contributed by atoms with Crippen LogP contribution < -0.4 is 14.8 Å². The van der Waals surface area contributed by atoms with Gasteiger partial charge in [0.2, 0.25) is 11.8 Å². The number of carbonyl (C=O) groups is 2. The molecule has 0 atom stereocenters. The molecule has 0 radical (unpaired) electrons. The maximum Gasteiger partial charge on any atom is 0.274 e. The number of nitrogens with zero attached hydrogens (tertiary/aromatic N) is 2. The second-order valence-electron chi connectivity index (χ2n) is 6.16. The quantitative estimate of drug-likeness (QED) is 0.592. The zero-order valence-corrected chi connectivity index (χ0v) is 16.7. The minimum absolute atomic E-state index is 0.0861. The Kier molecular flexibility index (Phi) is 6.38. The van der Waals surface area contributed by atoms with Crippen LogP contribution in [0.2, 0.25) is 0 Å². The van der Waals surface area contributed by atoms with Crippen LogP contribution in [0, 0.1) is 0 Å². The Morgan fingerprint density at radius 1 is 1.00 bits per heavy atom. The fraction of sp³-hybridized carbons (Fsp3) is 0.100. The Morgan fingerprint density at radius 3 is 2.37 bits per heavy atom. The molecule has 10 heteroatoms. The number of benzene rings is 2. The van der Waals surface area contributed by atoms with Gasteiger partial charge in [-0.15, -0.1) is 0 Å². The van der Waals surface area contributed by atoms with Crippen LogP contribution >= 0.6 is 0 Å². The van der Waals surface area contributed by atoms with Crippen LogP contribution in [0.1, 0.15) is 23.0 Å². The summed E-state index contributed by atoms with van der Waals surface area (Å²) >= 11 is 0. The van der Waals surface area contributed by atoms with E-state index in [2.05, 4.69) is 15.3 Å². The van der Waals surface area contributed by atoms with Crippen molar-refractivity contribution in [3.8, 4) is 5.88 Å². The van der Waals surface area contributed by atoms with Gasteiger partial charge in [0.15, 0.2) is 0 Å². The van der Waals surface area contributed by atoms with E-state index in [1.807, 2.05) is 35.1 Å². The van der Waals surface area contributed by atoms with Crippen molar-refractivity contribution in [2.24, 2.45) is 0 Å². The molecule has 3 rings (SSSR count). The summed E-state index contributed by atoms with van der Waals surface area (Å²) in [6.07, 6.45) is 1.22. The first kappa shape index (κ1) is 20.9. The molecular weight excluding hydrogens is 408 g/mol. The maximum atomic E-state index is 12.4. The van der Waals surface area contributed by atoms with Gasteiger partial charge in [0.25, 0.3) is 15.9 Å². The zero-order chi connectivity index (χ0) is 21.6. The predicted octanol–water partition coefficient (Wildman–Crippen LogP) is 2.13. The average molecular weight is 426 g/mol. The lowest BCUT2D eigenvalue weighted by atomic mass is 10.2. The smallest absolute Gasteiger partial charge is 0.274 e. The van der Waals surface area contributed by atoms with Crippen LogP contribution in [0.25, 0.3) is 0 Å². The average Bonchev–Trinajstić information content (AvgIpc) is 2.73. The molecule has 154 valence electrons. The van der Waals surface area contributed by atoms with Gasteiger partial charge in [0.05, 0.1) is 4.90 Å². The molecule has 1 heterocycles. The van der Waals surface area contributed by atoms with Gasteiger partial charge < -0.3 is 10.1 Å². The molecule has 1 aromatic heterocycles. The van der Waals surface area contributed by atoms with E-state index in [1.54, 1.807) is 0 Å². The lowest BCUT2D eigenvalue weighted by Crippen LogP contribution is -2.28. The van der Waals surface area contributed by atoms with Crippen LogP contribution in [0.3, 0.4) is 0 Å². The first-order valence-corrected chi connectivity index (χ1v) is 10.3. The molecule has 30 heavy (non-hydrogen) atoms. The van der Waals surface area contributed by atoms with Gasteiger partial charge in [-0.25, -0.2) is 23.1 Å². The van der Waals surface area contributed by atoms with Crippen LogP contribution in [-0.2, 0) is 21.4 Å². The molecule has 0 fully saturated rings. The summed E-state index contributed by atoms with van der Waals surface area (Å²) in [4.78, 5) is 31.2. The second-order valence-corrected chi connectivity index (χ2v) is 7.84. The lowest BCUT2D eigenvalue weighted by Gasteiger charge is -2.08. The monoisotopic (exact) mass is 426 g/mol. The molecule has 3 aromatic rings. The normalized spacial score (nSPS) is 10.8. The molecule has 0 aliphatic heterocycles. The third-order valence-corrected chi connectivity index (χ3v) is 5.25. The van der Waals surface area contributed by atoms with E-state index in [4.69, 9.17) is 4.74 Å². The second kappa shape index (κ2) is 9.14. The minimum Gasteiger partial charge on any atom is -0.473 e. The SMILES string of the molecule is CC(=O)NS(=O)(=O)c1ccc(NC(=O)c2cc(OCc3ccccc3)ncn2)cc1. The highest BCUT2D eigenvalue weighted by molar-refractivity contribution is 7.90. The van der Waals surface area contributed by atoms with Gasteiger partial charge in [-0.1, -0.05) is 30.3 Å². The van der Waals surface area contributed by atoms with E-state index in [0.29, 0.717) is 12.3 Å². The van der Waals surface area contributed by atoms with Crippen LogP contribution in [0.5, 0.6) is 5.88 Å². The first-order chi connectivity index (χ1) is 14.3. The van der Waals surface area contributed by atoms with E-state index in [0.717, 1.165) is 12.5 Å². The van der Waals surface area contributed by atoms with Crippen LogP contribution in [0.15, 0.2) is 71.9 Å². The number of hydrogen-bond acceptors (Lipinski definition) is 7. The van der Waals surface area contributed by atoms with Gasteiger partial charge in [0, 0.05) is 18.7 Å². The molecule has 0 aliphatic carbocycles. The number of nitrogens with one attached hydrogen (secondary N) is 2. The van der Waals surface area contributed by atoms with Crippen molar-refractivity contribution in [2.45, 2.75) is 18.4 Å². The van der Waals surface area contributed by atoms with Crippen molar-refractivity contribution in [1.82, 2.24) is 14.7 Å². The van der Waals surface area contributed by atoms with Crippen molar-refractivity contribution >= 4 is 27.5 Å². The highest BCUT2D eigenvalue weighted by Crippen LogP contribution is 2.16. The van der Waals surface area contributed by atoms with E-state index in [9.17, 15) is 18.0 Å². The Balaban J connectivity index is 1.65. The Hall–Kier alpha value is -3.79. The van der Waals surface area contributed by atoms with Crippen molar-refractivity contribution < 1.29 is 22.7 Å². The van der Waals surface area contributed by atoms with Crippen molar-refractivity contribution in [1.29, 1.82) is 0 Å². The first-order valence-electron chi connectivity index (χ1n) is 8.77.